The molecule has 1 amide bonds. The Morgan fingerprint density at radius 3 is 2.38 bits per heavy atom. The normalized spacial score (nSPS) is 28.5. The molecular weight excluding hydrogens is 543 g/mol. The first-order valence-corrected chi connectivity index (χ1v) is 13.2. The third kappa shape index (κ3) is 4.39. The molecule has 2 aliphatic rings. The first kappa shape index (κ1) is 28.3. The smallest absolute Gasteiger partial charge is 0.417 e. The summed E-state index contributed by atoms with van der Waals surface area (Å²) in [6.07, 6.45) is -5.08. The maximum Gasteiger partial charge on any atom is 0.417 e. The number of benzene rings is 1. The number of carboxylic acid groups (broad SMARTS) is 1. The average molecular weight is 568 g/mol. The van der Waals surface area contributed by atoms with Crippen LogP contribution in [0.5, 0.6) is 5.75 Å². The zero-order chi connectivity index (χ0) is 29.0. The van der Waals surface area contributed by atoms with Crippen molar-refractivity contribution in [3.8, 4) is 22.9 Å². The van der Waals surface area contributed by atoms with Crippen LogP contribution < -0.4 is 10.5 Å². The van der Waals surface area contributed by atoms with Gasteiger partial charge in [0.2, 0.25) is 5.91 Å². The van der Waals surface area contributed by atoms with Gasteiger partial charge in [0.05, 0.1) is 41.2 Å². The van der Waals surface area contributed by atoms with E-state index in [1.807, 2.05) is 0 Å². The number of carbonyl (C=O) groups is 2. The van der Waals surface area contributed by atoms with Crippen molar-refractivity contribution in [3.05, 3.63) is 42.2 Å². The van der Waals surface area contributed by atoms with Crippen molar-refractivity contribution >= 4 is 21.7 Å². The molecule has 1 aromatic heterocycles. The first-order chi connectivity index (χ1) is 18.2. The molecule has 2 aromatic rings. The Labute approximate surface area is 221 Å². The first-order valence-electron chi connectivity index (χ1n) is 11.6. The summed E-state index contributed by atoms with van der Waals surface area (Å²) in [6, 6.07) is 5.89. The van der Waals surface area contributed by atoms with Crippen LogP contribution in [0, 0.1) is 28.1 Å². The molecule has 2 unspecified atom stereocenters. The van der Waals surface area contributed by atoms with E-state index >= 15 is 0 Å². The number of aromatic nitrogens is 1. The van der Waals surface area contributed by atoms with Crippen LogP contribution in [0.1, 0.15) is 24.8 Å². The lowest BCUT2D eigenvalue weighted by Crippen LogP contribution is -2.44. The second kappa shape index (κ2) is 9.49. The molecule has 10 nitrogen and oxygen atoms in total. The van der Waals surface area contributed by atoms with Crippen LogP contribution in [0.15, 0.2) is 41.6 Å². The highest BCUT2D eigenvalue weighted by molar-refractivity contribution is 7.92. The minimum atomic E-state index is -5.08. The molecule has 0 saturated heterocycles. The summed E-state index contributed by atoms with van der Waals surface area (Å²) in [4.78, 5) is 27.4. The van der Waals surface area contributed by atoms with Gasteiger partial charge in [0.1, 0.15) is 16.6 Å². The number of hydrogen-bond donors (Lipinski definition) is 2. The molecule has 208 valence electrons. The zero-order valence-corrected chi connectivity index (χ0v) is 21.5. The predicted molar refractivity (Wildman–Crippen MR) is 128 cm³/mol. The van der Waals surface area contributed by atoms with E-state index in [2.05, 4.69) is 4.98 Å². The van der Waals surface area contributed by atoms with Crippen LogP contribution >= 0.6 is 0 Å². The maximum atomic E-state index is 14.2. The highest BCUT2D eigenvalue weighted by atomic mass is 32.2. The Hall–Kier alpha value is -3.70. The number of nitrogens with two attached hydrogens (primary N) is 1. The van der Waals surface area contributed by atoms with Crippen molar-refractivity contribution in [2.45, 2.75) is 41.7 Å². The van der Waals surface area contributed by atoms with Gasteiger partial charge in [-0.05, 0) is 43.0 Å². The van der Waals surface area contributed by atoms with Crippen LogP contribution in [0.3, 0.4) is 0 Å². The molecule has 0 bridgehead atoms. The van der Waals surface area contributed by atoms with E-state index in [4.69, 9.17) is 15.2 Å². The number of alkyl halides is 3. The maximum absolute atomic E-state index is 14.2. The number of ether oxygens (including phenoxy) is 2. The van der Waals surface area contributed by atoms with E-state index in [9.17, 15) is 41.5 Å². The number of halogens is 3. The summed E-state index contributed by atoms with van der Waals surface area (Å²) >= 11 is 0. The number of nitrogens with zero attached hydrogens (tertiary/aromatic N) is 2. The summed E-state index contributed by atoms with van der Waals surface area (Å²) in [5.74, 6) is -3.46. The van der Waals surface area contributed by atoms with Crippen molar-refractivity contribution in [1.29, 1.82) is 5.26 Å². The van der Waals surface area contributed by atoms with Crippen molar-refractivity contribution in [2.24, 2.45) is 22.5 Å². The van der Waals surface area contributed by atoms with Gasteiger partial charge in [0.25, 0.3) is 0 Å². The number of carbonyl (C=O) groups excluding carboxylic acids is 1. The second-order valence-corrected chi connectivity index (χ2v) is 11.9. The van der Waals surface area contributed by atoms with Crippen molar-refractivity contribution in [2.75, 3.05) is 14.2 Å². The fourth-order valence-electron chi connectivity index (χ4n) is 5.71. The van der Waals surface area contributed by atoms with Gasteiger partial charge in [0, 0.05) is 24.8 Å². The monoisotopic (exact) mass is 567 g/mol. The number of primary amides is 1. The SMILES string of the molecule is COc1cncc(-c2ccc(S(=O)(=O)[C@@H]3C[C@H](OC)[C@@](C(=O)O)(C4CC4(C#N)C(N)=O)C3)c(C(F)(F)F)c2)c1. The summed E-state index contributed by atoms with van der Waals surface area (Å²) in [7, 11) is -2.29. The molecular formula is C25H24F3N3O7S. The molecule has 2 saturated carbocycles. The Bertz CT molecular complexity index is 1490. The molecule has 5 atom stereocenters. The Kier molecular flexibility index (Phi) is 6.89. The Morgan fingerprint density at radius 2 is 1.87 bits per heavy atom. The molecule has 3 N–H and O–H groups in total. The Morgan fingerprint density at radius 1 is 1.18 bits per heavy atom. The van der Waals surface area contributed by atoms with Gasteiger partial charge >= 0.3 is 12.1 Å². The van der Waals surface area contributed by atoms with Crippen LogP contribution in [0.4, 0.5) is 13.2 Å². The number of rotatable bonds is 8. The molecule has 1 heterocycles. The number of nitriles is 1. The van der Waals surface area contributed by atoms with Crippen molar-refractivity contribution in [3.63, 3.8) is 0 Å². The minimum Gasteiger partial charge on any atom is -0.495 e. The molecule has 2 fully saturated rings. The van der Waals surface area contributed by atoms with E-state index in [1.54, 1.807) is 6.07 Å². The fourth-order valence-corrected chi connectivity index (χ4v) is 7.73. The molecule has 0 aliphatic heterocycles. The molecule has 2 aliphatic carbocycles. The molecule has 1 aromatic carbocycles. The van der Waals surface area contributed by atoms with Gasteiger partial charge in [-0.1, -0.05) is 6.07 Å². The van der Waals surface area contributed by atoms with E-state index < -0.39 is 79.3 Å². The quantitative estimate of drug-likeness (QED) is 0.487. The van der Waals surface area contributed by atoms with Crippen molar-refractivity contribution < 1.29 is 45.8 Å². The van der Waals surface area contributed by atoms with Gasteiger partial charge in [-0.15, -0.1) is 0 Å². The lowest BCUT2D eigenvalue weighted by atomic mass is 9.75. The van der Waals surface area contributed by atoms with Crippen molar-refractivity contribution in [1.82, 2.24) is 4.98 Å². The standard InChI is InChI=1S/C25H24F3N3O7S/c1-37-15-5-14(10-31-11-15)13-3-4-18(17(6-13)25(26,27)28)39(35,36)16-7-20(38-2)24(8-16,22(33)34)19-9-23(19,12-29)21(30)32/h3-6,10-11,16,19-20H,7-9H2,1-2H3,(H2,30,32)(H,33,34)/t16-,19?,20+,23?,24+/m1/s1. The van der Waals surface area contributed by atoms with Crippen LogP contribution in [-0.2, 0) is 30.3 Å². The lowest BCUT2D eigenvalue weighted by molar-refractivity contribution is -0.159. The minimum absolute atomic E-state index is 0.0343. The van der Waals surface area contributed by atoms with Gasteiger partial charge < -0.3 is 20.3 Å². The average Bonchev–Trinajstić information content (AvgIpc) is 3.52. The fraction of sp³-hybridized carbons (Fsp3) is 0.440. The molecule has 4 rings (SSSR count). The van der Waals surface area contributed by atoms with E-state index in [0.29, 0.717) is 6.07 Å². The van der Waals surface area contributed by atoms with Gasteiger partial charge in [-0.2, -0.15) is 18.4 Å². The summed E-state index contributed by atoms with van der Waals surface area (Å²) < 4.78 is 80.3. The van der Waals surface area contributed by atoms with Gasteiger partial charge in [-0.25, -0.2) is 8.42 Å². The number of carboxylic acids is 1. The highest BCUT2D eigenvalue weighted by Crippen LogP contribution is 2.66. The van der Waals surface area contributed by atoms with E-state index in [0.717, 1.165) is 13.2 Å². The summed E-state index contributed by atoms with van der Waals surface area (Å²) in [6.45, 7) is 0. The predicted octanol–water partition coefficient (Wildman–Crippen LogP) is 2.81. The number of methoxy groups -OCH3 is 2. The lowest BCUT2D eigenvalue weighted by Gasteiger charge is -2.31. The van der Waals surface area contributed by atoms with E-state index in [1.165, 1.54) is 31.6 Å². The Balaban J connectivity index is 1.79. The number of hydrogen-bond acceptors (Lipinski definition) is 8. The third-order valence-corrected chi connectivity index (χ3v) is 10.0. The number of amides is 1. The van der Waals surface area contributed by atoms with Crippen LogP contribution in [-0.4, -0.2) is 56.0 Å². The number of sulfone groups is 1. The van der Waals surface area contributed by atoms with Gasteiger partial charge in [0.15, 0.2) is 9.84 Å². The summed E-state index contributed by atoms with van der Waals surface area (Å²) in [5, 5.41) is 18.1. The van der Waals surface area contributed by atoms with Crippen LogP contribution in [0.2, 0.25) is 0 Å². The summed E-state index contributed by atoms with van der Waals surface area (Å²) in [5.41, 5.74) is 0.349. The second-order valence-electron chi connectivity index (χ2n) is 9.70. The molecule has 14 heteroatoms. The molecule has 39 heavy (non-hydrogen) atoms. The third-order valence-electron chi connectivity index (χ3n) is 7.83. The number of aliphatic carboxylic acids is 1. The van der Waals surface area contributed by atoms with Gasteiger partial charge in [-0.3, -0.25) is 14.6 Å². The van der Waals surface area contributed by atoms with E-state index in [-0.39, 0.29) is 23.3 Å². The molecule has 0 spiro atoms. The topological polar surface area (TPSA) is 170 Å². The molecule has 0 radical (unpaired) electrons. The zero-order valence-electron chi connectivity index (χ0n) is 20.7. The van der Waals surface area contributed by atoms with Crippen LogP contribution in [0.25, 0.3) is 11.1 Å². The highest BCUT2D eigenvalue weighted by Gasteiger charge is 2.75. The largest absolute Gasteiger partial charge is 0.495 e. The number of pyridine rings is 1.